The fourth-order valence-corrected chi connectivity index (χ4v) is 4.74. The van der Waals surface area contributed by atoms with Crippen LogP contribution in [0, 0.1) is 5.82 Å². The fraction of sp³-hybridized carbons (Fsp3) is 0.267. The minimum atomic E-state index is -1.54. The Morgan fingerprint density at radius 2 is 1.75 bits per heavy atom. The molecule has 40 heavy (non-hydrogen) atoms. The summed E-state index contributed by atoms with van der Waals surface area (Å²) in [6.45, 7) is 4.18. The molecule has 206 valence electrons. The number of benzene rings is 2. The fourth-order valence-electron chi connectivity index (χ4n) is 4.74. The van der Waals surface area contributed by atoms with Crippen molar-refractivity contribution in [1.29, 1.82) is 0 Å². The van der Waals surface area contributed by atoms with Crippen LogP contribution >= 0.6 is 0 Å². The lowest BCUT2D eigenvalue weighted by Crippen LogP contribution is -2.58. The van der Waals surface area contributed by atoms with E-state index in [1.165, 1.54) is 18.4 Å². The molecule has 5 rings (SSSR count). The lowest BCUT2D eigenvalue weighted by atomic mass is 9.95. The van der Waals surface area contributed by atoms with E-state index in [4.69, 9.17) is 18.6 Å². The van der Waals surface area contributed by atoms with Gasteiger partial charge in [-0.25, -0.2) is 23.9 Å². The van der Waals surface area contributed by atoms with E-state index in [0.717, 1.165) is 5.56 Å². The van der Waals surface area contributed by atoms with Crippen LogP contribution in [0.5, 0.6) is 11.6 Å². The molecule has 10 heteroatoms. The van der Waals surface area contributed by atoms with Crippen molar-refractivity contribution in [2.24, 2.45) is 0 Å². The minimum Gasteiger partial charge on any atom is -0.464 e. The first-order chi connectivity index (χ1) is 19.4. The first kappa shape index (κ1) is 26.9. The van der Waals surface area contributed by atoms with Gasteiger partial charge < -0.3 is 23.5 Å². The van der Waals surface area contributed by atoms with Crippen LogP contribution in [0.25, 0.3) is 22.7 Å². The van der Waals surface area contributed by atoms with Gasteiger partial charge in [-0.15, -0.1) is 0 Å². The van der Waals surface area contributed by atoms with E-state index >= 15 is 0 Å². The summed E-state index contributed by atoms with van der Waals surface area (Å²) in [4.78, 5) is 36.5. The third-order valence-electron chi connectivity index (χ3n) is 6.59. The quantitative estimate of drug-likeness (QED) is 0.191. The molecule has 1 fully saturated rings. The lowest BCUT2D eigenvalue weighted by molar-refractivity contribution is -0.163. The molecule has 0 amide bonds. The summed E-state index contributed by atoms with van der Waals surface area (Å²) < 4.78 is 35.6. The Morgan fingerprint density at radius 3 is 2.40 bits per heavy atom. The highest BCUT2D eigenvalue weighted by Crippen LogP contribution is 2.37. The molecule has 2 aromatic heterocycles. The van der Waals surface area contributed by atoms with Crippen molar-refractivity contribution < 1.29 is 32.6 Å². The van der Waals surface area contributed by atoms with Crippen LogP contribution in [0.2, 0.25) is 0 Å². The van der Waals surface area contributed by atoms with E-state index in [9.17, 15) is 14.0 Å². The van der Waals surface area contributed by atoms with Gasteiger partial charge in [0.05, 0.1) is 25.1 Å². The molecule has 0 aliphatic carbocycles. The number of aromatic nitrogens is 2. The van der Waals surface area contributed by atoms with E-state index < -0.39 is 17.5 Å². The molecule has 1 saturated heterocycles. The normalized spacial score (nSPS) is 14.1. The van der Waals surface area contributed by atoms with Crippen molar-refractivity contribution in [3.63, 3.8) is 0 Å². The molecular weight excluding hydrogens is 517 g/mol. The molecule has 0 saturated carbocycles. The molecule has 1 aliphatic rings. The zero-order chi connectivity index (χ0) is 28.1. The van der Waals surface area contributed by atoms with Gasteiger partial charge in [0.25, 0.3) is 0 Å². The van der Waals surface area contributed by atoms with Gasteiger partial charge in [0.2, 0.25) is 17.3 Å². The molecule has 0 unspecified atom stereocenters. The number of hydrogen-bond acceptors (Lipinski definition) is 9. The Bertz CT molecular complexity index is 1470. The SMILES string of the molecule is CCOC(=O)C1(C(=O)OCC)CCCN1c1ccc(Oc2ccc(-c3nc(-c4cccc(F)c4)co3)cc2)nc1. The average molecular weight is 546 g/mol. The summed E-state index contributed by atoms with van der Waals surface area (Å²) in [5.41, 5.74) is 0.925. The maximum atomic E-state index is 13.5. The van der Waals surface area contributed by atoms with E-state index in [1.54, 1.807) is 73.5 Å². The van der Waals surface area contributed by atoms with Crippen LogP contribution in [-0.4, -0.2) is 47.2 Å². The number of pyridine rings is 1. The topological polar surface area (TPSA) is 104 Å². The minimum absolute atomic E-state index is 0.155. The van der Waals surface area contributed by atoms with Crippen molar-refractivity contribution in [2.45, 2.75) is 32.2 Å². The second kappa shape index (κ2) is 11.6. The Hall–Kier alpha value is -4.73. The number of carbonyl (C=O) groups is 2. The van der Waals surface area contributed by atoms with Crippen molar-refractivity contribution in [2.75, 3.05) is 24.7 Å². The number of nitrogens with zero attached hydrogens (tertiary/aromatic N) is 3. The van der Waals surface area contributed by atoms with E-state index in [2.05, 4.69) is 9.97 Å². The number of hydrogen-bond donors (Lipinski definition) is 0. The van der Waals surface area contributed by atoms with Gasteiger partial charge in [0, 0.05) is 23.7 Å². The van der Waals surface area contributed by atoms with Crippen LogP contribution < -0.4 is 9.64 Å². The predicted octanol–water partition coefficient (Wildman–Crippen LogP) is 5.80. The maximum absolute atomic E-state index is 13.5. The Labute approximate surface area is 230 Å². The third kappa shape index (κ3) is 5.25. The van der Waals surface area contributed by atoms with Crippen LogP contribution in [0.3, 0.4) is 0 Å². The second-order valence-electron chi connectivity index (χ2n) is 9.09. The Morgan fingerprint density at radius 1 is 1.00 bits per heavy atom. The largest absolute Gasteiger partial charge is 0.464 e. The van der Waals surface area contributed by atoms with Crippen LogP contribution in [0.15, 0.2) is 77.5 Å². The van der Waals surface area contributed by atoms with Crippen molar-refractivity contribution in [3.05, 3.63) is 78.9 Å². The van der Waals surface area contributed by atoms with Gasteiger partial charge in [0.1, 0.15) is 23.5 Å². The van der Waals surface area contributed by atoms with Crippen LogP contribution in [-0.2, 0) is 19.1 Å². The summed E-state index contributed by atoms with van der Waals surface area (Å²) >= 11 is 0. The maximum Gasteiger partial charge on any atom is 0.343 e. The van der Waals surface area contributed by atoms with Gasteiger partial charge in [-0.3, -0.25) is 0 Å². The molecule has 2 aromatic carbocycles. The number of esters is 2. The van der Waals surface area contributed by atoms with Crippen LogP contribution in [0.1, 0.15) is 26.7 Å². The summed E-state index contributed by atoms with van der Waals surface area (Å²) in [6.07, 6.45) is 3.96. The van der Waals surface area contributed by atoms with Gasteiger partial charge in [-0.1, -0.05) is 12.1 Å². The molecule has 0 spiro atoms. The van der Waals surface area contributed by atoms with Gasteiger partial charge >= 0.3 is 11.9 Å². The first-order valence-electron chi connectivity index (χ1n) is 13.0. The average Bonchev–Trinajstić information content (AvgIpc) is 3.63. The summed E-state index contributed by atoms with van der Waals surface area (Å²) in [5.74, 6) is -0.331. The standard InChI is InChI=1S/C30H28FN3O6/c1-3-37-28(35)30(29(36)38-4-2)15-6-16-34(30)23-11-14-26(32-18-23)40-24-12-9-20(10-13-24)27-33-25(19-39-27)21-7-5-8-22(31)17-21/h5,7-14,17-19H,3-4,6,15-16H2,1-2H3. The Kier molecular flexibility index (Phi) is 7.77. The molecule has 3 heterocycles. The number of halogens is 1. The molecule has 1 aliphatic heterocycles. The van der Waals surface area contributed by atoms with Gasteiger partial charge in [-0.2, -0.15) is 0 Å². The summed E-state index contributed by atoms with van der Waals surface area (Å²) in [6, 6.07) is 16.7. The lowest BCUT2D eigenvalue weighted by Gasteiger charge is -2.35. The highest BCUT2D eigenvalue weighted by Gasteiger charge is 2.56. The number of rotatable bonds is 9. The van der Waals surface area contributed by atoms with Gasteiger partial charge in [0.15, 0.2) is 0 Å². The number of oxazole rings is 1. The monoisotopic (exact) mass is 545 g/mol. The first-order valence-corrected chi connectivity index (χ1v) is 13.0. The predicted molar refractivity (Wildman–Crippen MR) is 144 cm³/mol. The van der Waals surface area contributed by atoms with Crippen LogP contribution in [0.4, 0.5) is 10.1 Å². The number of ether oxygens (including phenoxy) is 3. The molecule has 0 atom stereocenters. The van der Waals surface area contributed by atoms with Gasteiger partial charge in [-0.05, 0) is 69.2 Å². The van der Waals surface area contributed by atoms with Crippen molar-refractivity contribution in [1.82, 2.24) is 9.97 Å². The van der Waals surface area contributed by atoms with Crippen molar-refractivity contribution in [3.8, 4) is 34.3 Å². The van der Waals surface area contributed by atoms with E-state index in [-0.39, 0.29) is 19.0 Å². The molecule has 0 radical (unpaired) electrons. The number of carbonyl (C=O) groups excluding carboxylic acids is 2. The molecule has 0 N–H and O–H groups in total. The highest BCUT2D eigenvalue weighted by molar-refractivity contribution is 6.09. The second-order valence-corrected chi connectivity index (χ2v) is 9.09. The molecule has 0 bridgehead atoms. The Balaban J connectivity index is 1.29. The zero-order valence-electron chi connectivity index (χ0n) is 22.1. The van der Waals surface area contributed by atoms with E-state index in [1.807, 2.05) is 0 Å². The molecule has 9 nitrogen and oxygen atoms in total. The number of anilines is 1. The smallest absolute Gasteiger partial charge is 0.343 e. The molecule has 4 aromatic rings. The molecular formula is C30H28FN3O6. The van der Waals surface area contributed by atoms with Crippen molar-refractivity contribution >= 4 is 17.6 Å². The van der Waals surface area contributed by atoms with E-state index in [0.29, 0.717) is 53.9 Å². The summed E-state index contributed by atoms with van der Waals surface area (Å²) in [7, 11) is 0. The third-order valence-corrected chi connectivity index (χ3v) is 6.59. The summed E-state index contributed by atoms with van der Waals surface area (Å²) in [5, 5.41) is 0. The zero-order valence-corrected chi connectivity index (χ0v) is 22.1. The highest BCUT2D eigenvalue weighted by atomic mass is 19.1.